The van der Waals surface area contributed by atoms with Crippen LogP contribution in [0.5, 0.6) is 0 Å². The van der Waals surface area contributed by atoms with E-state index in [9.17, 15) is 29.1 Å². The third-order valence-electron chi connectivity index (χ3n) is 4.87. The molecule has 11 nitrogen and oxygen atoms in total. The van der Waals surface area contributed by atoms with E-state index in [1.54, 1.807) is 13.8 Å². The summed E-state index contributed by atoms with van der Waals surface area (Å²) in [6.45, 7) is 3.45. The molecule has 0 heterocycles. The highest BCUT2D eigenvalue weighted by Crippen LogP contribution is 2.09. The predicted molar refractivity (Wildman–Crippen MR) is 126 cm³/mol. The molecule has 0 aromatic carbocycles. The van der Waals surface area contributed by atoms with Crippen molar-refractivity contribution in [2.75, 3.05) is 17.8 Å². The summed E-state index contributed by atoms with van der Waals surface area (Å²) in [7, 11) is 0. The standard InChI is InChI=1S/C19H35N5O6S2/c1-4-10(2)15(19(29)30)24-17(27)12(5-6-14(21)25)22-18(28)13(9-31)23-16(26)11(20)7-8-32-3/h10-13,15,31H,4-9,20H2,1-3H3,(H2,21,25)(H,22,28)(H,23,26)(H,24,27)(H,29,30). The lowest BCUT2D eigenvalue weighted by Crippen LogP contribution is -2.58. The number of carbonyl (C=O) groups is 5. The number of carboxylic acids is 1. The van der Waals surface area contributed by atoms with Gasteiger partial charge in [0.15, 0.2) is 0 Å². The van der Waals surface area contributed by atoms with Crippen LogP contribution in [0.3, 0.4) is 0 Å². The van der Waals surface area contributed by atoms with E-state index < -0.39 is 53.8 Å². The van der Waals surface area contributed by atoms with Gasteiger partial charge in [0, 0.05) is 12.2 Å². The minimum atomic E-state index is -1.23. The fourth-order valence-electron chi connectivity index (χ4n) is 2.61. The molecule has 4 amide bonds. The van der Waals surface area contributed by atoms with Gasteiger partial charge in [-0.05, 0) is 30.8 Å². The molecule has 0 bridgehead atoms. The largest absolute Gasteiger partial charge is 0.480 e. The van der Waals surface area contributed by atoms with E-state index in [1.807, 2.05) is 6.26 Å². The number of aliphatic carboxylic acids is 1. The Morgan fingerprint density at radius 1 is 1.00 bits per heavy atom. The van der Waals surface area contributed by atoms with Crippen LogP contribution >= 0.6 is 24.4 Å². The fraction of sp³-hybridized carbons (Fsp3) is 0.737. The van der Waals surface area contributed by atoms with E-state index in [2.05, 4.69) is 28.6 Å². The van der Waals surface area contributed by atoms with Crippen LogP contribution in [-0.4, -0.2) is 76.6 Å². The lowest BCUT2D eigenvalue weighted by molar-refractivity contribution is -0.144. The molecule has 0 saturated carbocycles. The normalized spacial score (nSPS) is 15.5. The molecule has 0 radical (unpaired) electrons. The van der Waals surface area contributed by atoms with Gasteiger partial charge in [0.1, 0.15) is 18.1 Å². The van der Waals surface area contributed by atoms with Crippen molar-refractivity contribution in [2.45, 2.75) is 63.7 Å². The zero-order valence-electron chi connectivity index (χ0n) is 18.6. The van der Waals surface area contributed by atoms with E-state index in [0.29, 0.717) is 18.6 Å². The van der Waals surface area contributed by atoms with Crippen LogP contribution in [-0.2, 0) is 24.0 Å². The van der Waals surface area contributed by atoms with E-state index in [4.69, 9.17) is 11.5 Å². The number of nitrogens with two attached hydrogens (primary N) is 2. The number of nitrogens with one attached hydrogen (secondary N) is 3. The second-order valence-corrected chi connectivity index (χ2v) is 8.76. The third kappa shape index (κ3) is 11.0. The monoisotopic (exact) mass is 493 g/mol. The first-order chi connectivity index (χ1) is 15.0. The first-order valence-electron chi connectivity index (χ1n) is 10.3. The number of amides is 4. The zero-order chi connectivity index (χ0) is 24.8. The number of hydrogen-bond acceptors (Lipinski definition) is 8. The van der Waals surface area contributed by atoms with E-state index in [1.165, 1.54) is 11.8 Å². The number of rotatable bonds is 16. The van der Waals surface area contributed by atoms with Crippen LogP contribution in [0.2, 0.25) is 0 Å². The molecule has 0 aromatic heterocycles. The van der Waals surface area contributed by atoms with Crippen molar-refractivity contribution >= 4 is 54.0 Å². The molecule has 0 aliphatic carbocycles. The lowest BCUT2D eigenvalue weighted by atomic mass is 9.98. The average molecular weight is 494 g/mol. The molecule has 0 rings (SSSR count). The smallest absolute Gasteiger partial charge is 0.326 e. The molecular formula is C19H35N5O6S2. The first-order valence-corrected chi connectivity index (χ1v) is 12.3. The summed E-state index contributed by atoms with van der Waals surface area (Å²) >= 11 is 5.61. The number of thiol groups is 1. The van der Waals surface area contributed by atoms with E-state index in [-0.39, 0.29) is 24.5 Å². The molecule has 0 spiro atoms. The Morgan fingerprint density at radius 3 is 2.03 bits per heavy atom. The summed E-state index contributed by atoms with van der Waals surface area (Å²) < 4.78 is 0. The number of hydrogen-bond donors (Lipinski definition) is 7. The van der Waals surface area contributed by atoms with Gasteiger partial charge >= 0.3 is 5.97 Å². The van der Waals surface area contributed by atoms with Crippen LogP contribution in [0, 0.1) is 5.92 Å². The van der Waals surface area contributed by atoms with Crippen molar-refractivity contribution in [2.24, 2.45) is 17.4 Å². The molecule has 0 aliphatic heterocycles. The topological polar surface area (TPSA) is 194 Å². The van der Waals surface area contributed by atoms with Gasteiger partial charge in [-0.2, -0.15) is 24.4 Å². The Bertz CT molecular complexity index is 666. The Labute approximate surface area is 198 Å². The molecule has 184 valence electrons. The Morgan fingerprint density at radius 2 is 1.56 bits per heavy atom. The third-order valence-corrected chi connectivity index (χ3v) is 5.88. The van der Waals surface area contributed by atoms with Gasteiger partial charge in [-0.15, -0.1) is 0 Å². The van der Waals surface area contributed by atoms with Crippen molar-refractivity contribution in [1.29, 1.82) is 0 Å². The number of carbonyl (C=O) groups excluding carboxylic acids is 4. The Kier molecular flexibility index (Phi) is 14.8. The summed E-state index contributed by atoms with van der Waals surface area (Å²) in [4.78, 5) is 60.3. The molecule has 0 aromatic rings. The van der Waals surface area contributed by atoms with Crippen molar-refractivity contribution < 1.29 is 29.1 Å². The van der Waals surface area contributed by atoms with Crippen LogP contribution in [0.4, 0.5) is 0 Å². The minimum absolute atomic E-state index is 0.0679. The predicted octanol–water partition coefficient (Wildman–Crippen LogP) is -1.15. The van der Waals surface area contributed by atoms with Gasteiger partial charge < -0.3 is 32.5 Å². The van der Waals surface area contributed by atoms with Crippen molar-refractivity contribution in [3.8, 4) is 0 Å². The van der Waals surface area contributed by atoms with Crippen LogP contribution in [0.1, 0.15) is 39.5 Å². The maximum Gasteiger partial charge on any atom is 0.326 e. The van der Waals surface area contributed by atoms with Crippen LogP contribution in [0.25, 0.3) is 0 Å². The maximum atomic E-state index is 12.7. The second-order valence-electron chi connectivity index (χ2n) is 7.41. The van der Waals surface area contributed by atoms with Gasteiger partial charge in [-0.3, -0.25) is 19.2 Å². The summed E-state index contributed by atoms with van der Waals surface area (Å²) in [5, 5.41) is 16.7. The van der Waals surface area contributed by atoms with Crippen molar-refractivity contribution in [3.63, 3.8) is 0 Å². The minimum Gasteiger partial charge on any atom is -0.480 e. The molecule has 8 N–H and O–H groups in total. The quantitative estimate of drug-likeness (QED) is 0.131. The van der Waals surface area contributed by atoms with Gasteiger partial charge in [0.2, 0.25) is 23.6 Å². The highest BCUT2D eigenvalue weighted by atomic mass is 32.2. The summed E-state index contributed by atoms with van der Waals surface area (Å²) in [6.07, 6.45) is 2.45. The van der Waals surface area contributed by atoms with Gasteiger partial charge in [-0.25, -0.2) is 4.79 Å². The summed E-state index contributed by atoms with van der Waals surface area (Å²) in [5.74, 6) is -3.69. The Hall–Kier alpha value is -1.99. The van der Waals surface area contributed by atoms with Crippen LogP contribution in [0.15, 0.2) is 0 Å². The summed E-state index contributed by atoms with van der Waals surface area (Å²) in [5.41, 5.74) is 11.0. The summed E-state index contributed by atoms with van der Waals surface area (Å²) in [6, 6.07) is -4.29. The molecule has 0 fully saturated rings. The Balaban J connectivity index is 5.33. The first kappa shape index (κ1) is 30.0. The van der Waals surface area contributed by atoms with E-state index in [0.717, 1.165) is 0 Å². The number of carboxylic acid groups (broad SMARTS) is 1. The second kappa shape index (κ2) is 15.8. The zero-order valence-corrected chi connectivity index (χ0v) is 20.3. The molecule has 5 atom stereocenters. The van der Waals surface area contributed by atoms with Crippen LogP contribution < -0.4 is 27.4 Å². The van der Waals surface area contributed by atoms with Crippen molar-refractivity contribution in [1.82, 2.24) is 16.0 Å². The van der Waals surface area contributed by atoms with Gasteiger partial charge in [0.05, 0.1) is 6.04 Å². The molecule has 13 heteroatoms. The molecule has 0 aliphatic rings. The SMILES string of the molecule is CCC(C)C(NC(=O)C(CCC(N)=O)NC(=O)C(CS)NC(=O)C(N)CCSC)C(=O)O. The van der Waals surface area contributed by atoms with Gasteiger partial charge in [0.25, 0.3) is 0 Å². The highest BCUT2D eigenvalue weighted by Gasteiger charge is 2.31. The highest BCUT2D eigenvalue weighted by molar-refractivity contribution is 7.98. The maximum absolute atomic E-state index is 12.7. The van der Waals surface area contributed by atoms with Gasteiger partial charge in [-0.1, -0.05) is 20.3 Å². The lowest BCUT2D eigenvalue weighted by Gasteiger charge is -2.26. The number of thioether (sulfide) groups is 1. The fourth-order valence-corrected chi connectivity index (χ4v) is 3.36. The molecule has 32 heavy (non-hydrogen) atoms. The number of primary amides is 1. The molecule has 0 saturated heterocycles. The van der Waals surface area contributed by atoms with E-state index >= 15 is 0 Å². The average Bonchev–Trinajstić information content (AvgIpc) is 2.75. The molecule has 5 unspecified atom stereocenters. The van der Waals surface area contributed by atoms with Crippen molar-refractivity contribution in [3.05, 3.63) is 0 Å². The molecular weight excluding hydrogens is 458 g/mol.